The molecule has 1 aliphatic heterocycles. The van der Waals surface area contributed by atoms with Gasteiger partial charge in [0.2, 0.25) is 5.91 Å². The summed E-state index contributed by atoms with van der Waals surface area (Å²) < 4.78 is 5.19. The molecule has 1 saturated heterocycles. The fourth-order valence-electron chi connectivity index (χ4n) is 2.75. The van der Waals surface area contributed by atoms with Crippen LogP contribution in [0.4, 0.5) is 11.4 Å². The van der Waals surface area contributed by atoms with Crippen molar-refractivity contribution >= 4 is 23.2 Å². The Morgan fingerprint density at radius 3 is 2.82 bits per heavy atom. The number of nitrogens with zero attached hydrogens (tertiary/aromatic N) is 1. The molecule has 1 unspecified atom stereocenters. The summed E-state index contributed by atoms with van der Waals surface area (Å²) in [6.07, 6.45) is 2.93. The van der Waals surface area contributed by atoms with Crippen LogP contribution >= 0.6 is 0 Å². The molecule has 2 heterocycles. The zero-order valence-corrected chi connectivity index (χ0v) is 12.6. The van der Waals surface area contributed by atoms with Gasteiger partial charge in [-0.25, -0.2) is 0 Å². The number of amides is 2. The van der Waals surface area contributed by atoms with Gasteiger partial charge in [0, 0.05) is 29.4 Å². The Hall–Kier alpha value is -2.56. The van der Waals surface area contributed by atoms with Gasteiger partial charge in [0.15, 0.2) is 5.76 Å². The number of nitrogens with one attached hydrogen (secondary N) is 1. The highest BCUT2D eigenvalue weighted by molar-refractivity contribution is 6.04. The first-order chi connectivity index (χ1) is 10.6. The molecule has 0 bridgehead atoms. The van der Waals surface area contributed by atoms with Gasteiger partial charge in [-0.05, 0) is 44.5 Å². The molecule has 1 aromatic heterocycles. The molecule has 2 aromatic rings. The van der Waals surface area contributed by atoms with Crippen molar-refractivity contribution in [3.63, 3.8) is 0 Å². The van der Waals surface area contributed by atoms with Crippen LogP contribution in [0.15, 0.2) is 41.0 Å². The Kier molecular flexibility index (Phi) is 3.71. The lowest BCUT2D eigenvalue weighted by Crippen LogP contribution is -2.30. The van der Waals surface area contributed by atoms with Crippen LogP contribution in [0.1, 0.15) is 35.9 Å². The number of carbonyl (C=O) groups excluding carboxylic acids is 2. The lowest BCUT2D eigenvalue weighted by atomic mass is 10.2. The standard InChI is InChI=1S/C17H18N2O3/c1-11-8-9-22-16(11)17(21)18-13-4-3-5-14(10-13)19-12(2)6-7-15(19)20/h3-5,8-10,12H,6-7H2,1-2H3,(H,18,21). The highest BCUT2D eigenvalue weighted by atomic mass is 16.3. The zero-order chi connectivity index (χ0) is 15.7. The van der Waals surface area contributed by atoms with E-state index in [1.807, 2.05) is 32.0 Å². The van der Waals surface area contributed by atoms with Crippen LogP contribution in [-0.2, 0) is 4.79 Å². The molecule has 1 aromatic carbocycles. The van der Waals surface area contributed by atoms with Crippen LogP contribution in [0.2, 0.25) is 0 Å². The minimum absolute atomic E-state index is 0.123. The summed E-state index contributed by atoms with van der Waals surface area (Å²) in [6.45, 7) is 3.85. The first kappa shape index (κ1) is 14.4. The molecule has 0 spiro atoms. The normalized spacial score (nSPS) is 17.8. The Morgan fingerprint density at radius 2 is 2.18 bits per heavy atom. The molecule has 3 rings (SSSR count). The van der Waals surface area contributed by atoms with Crippen molar-refractivity contribution < 1.29 is 14.0 Å². The molecule has 1 aliphatic rings. The molecule has 5 heteroatoms. The van der Waals surface area contributed by atoms with E-state index >= 15 is 0 Å². The van der Waals surface area contributed by atoms with Crippen LogP contribution in [0.5, 0.6) is 0 Å². The van der Waals surface area contributed by atoms with Crippen LogP contribution in [0.3, 0.4) is 0 Å². The number of benzene rings is 1. The minimum Gasteiger partial charge on any atom is -0.459 e. The second kappa shape index (κ2) is 5.67. The first-order valence-corrected chi connectivity index (χ1v) is 7.34. The van der Waals surface area contributed by atoms with E-state index in [4.69, 9.17) is 4.42 Å². The van der Waals surface area contributed by atoms with Crippen molar-refractivity contribution in [2.75, 3.05) is 10.2 Å². The van der Waals surface area contributed by atoms with Gasteiger partial charge in [0.25, 0.3) is 5.91 Å². The third-order valence-electron chi connectivity index (χ3n) is 3.94. The predicted octanol–water partition coefficient (Wildman–Crippen LogP) is 3.36. The monoisotopic (exact) mass is 298 g/mol. The molecule has 0 radical (unpaired) electrons. The van der Waals surface area contributed by atoms with Gasteiger partial charge in [-0.2, -0.15) is 0 Å². The smallest absolute Gasteiger partial charge is 0.291 e. The Labute approximate surface area is 128 Å². The van der Waals surface area contributed by atoms with E-state index in [0.717, 1.165) is 17.7 Å². The highest BCUT2D eigenvalue weighted by Crippen LogP contribution is 2.28. The SMILES string of the molecule is Cc1ccoc1C(=O)Nc1cccc(N2C(=O)CCC2C)c1. The van der Waals surface area contributed by atoms with Crippen molar-refractivity contribution in [2.24, 2.45) is 0 Å². The summed E-state index contributed by atoms with van der Waals surface area (Å²) in [5, 5.41) is 2.81. The maximum Gasteiger partial charge on any atom is 0.291 e. The summed E-state index contributed by atoms with van der Waals surface area (Å²) in [6, 6.07) is 9.26. The second-order valence-electron chi connectivity index (χ2n) is 5.59. The predicted molar refractivity (Wildman–Crippen MR) is 84.0 cm³/mol. The van der Waals surface area contributed by atoms with Crippen molar-refractivity contribution in [3.05, 3.63) is 47.9 Å². The molecule has 0 saturated carbocycles. The average Bonchev–Trinajstić information content (AvgIpc) is 3.05. The number of carbonyl (C=O) groups is 2. The van der Waals surface area contributed by atoms with Gasteiger partial charge in [-0.1, -0.05) is 6.07 Å². The number of rotatable bonds is 3. The summed E-state index contributed by atoms with van der Waals surface area (Å²) >= 11 is 0. The highest BCUT2D eigenvalue weighted by Gasteiger charge is 2.28. The summed E-state index contributed by atoms with van der Waals surface area (Å²) in [5.41, 5.74) is 2.24. The Morgan fingerprint density at radius 1 is 1.36 bits per heavy atom. The number of aryl methyl sites for hydroxylation is 1. The lowest BCUT2D eigenvalue weighted by Gasteiger charge is -2.22. The third kappa shape index (κ3) is 2.62. The minimum atomic E-state index is -0.291. The largest absolute Gasteiger partial charge is 0.459 e. The van der Waals surface area contributed by atoms with E-state index in [1.54, 1.807) is 17.0 Å². The topological polar surface area (TPSA) is 62.6 Å². The van der Waals surface area contributed by atoms with Crippen LogP contribution < -0.4 is 10.2 Å². The molecule has 0 aliphatic carbocycles. The molecular formula is C17H18N2O3. The Balaban J connectivity index is 1.81. The molecule has 1 atom stereocenters. The van der Waals surface area contributed by atoms with Gasteiger partial charge in [0.1, 0.15) is 0 Å². The fraction of sp³-hybridized carbons (Fsp3) is 0.294. The fourth-order valence-corrected chi connectivity index (χ4v) is 2.75. The van der Waals surface area contributed by atoms with Gasteiger partial charge in [-0.3, -0.25) is 9.59 Å². The average molecular weight is 298 g/mol. The molecule has 22 heavy (non-hydrogen) atoms. The maximum atomic E-state index is 12.2. The van der Waals surface area contributed by atoms with Gasteiger partial charge < -0.3 is 14.6 Å². The first-order valence-electron chi connectivity index (χ1n) is 7.34. The van der Waals surface area contributed by atoms with E-state index in [9.17, 15) is 9.59 Å². The van der Waals surface area contributed by atoms with Crippen LogP contribution in [0.25, 0.3) is 0 Å². The van der Waals surface area contributed by atoms with E-state index in [2.05, 4.69) is 5.32 Å². The summed E-state index contributed by atoms with van der Waals surface area (Å²) in [7, 11) is 0. The van der Waals surface area contributed by atoms with E-state index < -0.39 is 0 Å². The molecule has 1 N–H and O–H groups in total. The lowest BCUT2D eigenvalue weighted by molar-refractivity contribution is -0.117. The number of hydrogen-bond acceptors (Lipinski definition) is 3. The number of furan rings is 1. The van der Waals surface area contributed by atoms with Crippen molar-refractivity contribution in [3.8, 4) is 0 Å². The third-order valence-corrected chi connectivity index (χ3v) is 3.94. The molecule has 2 amide bonds. The van der Waals surface area contributed by atoms with Crippen LogP contribution in [-0.4, -0.2) is 17.9 Å². The van der Waals surface area contributed by atoms with E-state index in [0.29, 0.717) is 17.9 Å². The second-order valence-corrected chi connectivity index (χ2v) is 5.59. The quantitative estimate of drug-likeness (QED) is 0.945. The summed E-state index contributed by atoms with van der Waals surface area (Å²) in [5.74, 6) is 0.134. The van der Waals surface area contributed by atoms with Crippen molar-refractivity contribution in [2.45, 2.75) is 32.7 Å². The summed E-state index contributed by atoms with van der Waals surface area (Å²) in [4.78, 5) is 25.9. The molecule has 1 fully saturated rings. The van der Waals surface area contributed by atoms with Gasteiger partial charge in [-0.15, -0.1) is 0 Å². The van der Waals surface area contributed by atoms with Crippen molar-refractivity contribution in [1.29, 1.82) is 0 Å². The van der Waals surface area contributed by atoms with Gasteiger partial charge in [0.05, 0.1) is 6.26 Å². The van der Waals surface area contributed by atoms with E-state index in [1.165, 1.54) is 6.26 Å². The number of anilines is 2. The molecule has 5 nitrogen and oxygen atoms in total. The Bertz CT molecular complexity index is 720. The molecular weight excluding hydrogens is 280 g/mol. The maximum absolute atomic E-state index is 12.2. The zero-order valence-electron chi connectivity index (χ0n) is 12.6. The van der Waals surface area contributed by atoms with Gasteiger partial charge >= 0.3 is 0 Å². The number of hydrogen-bond donors (Lipinski definition) is 1. The molecule has 114 valence electrons. The van der Waals surface area contributed by atoms with Crippen molar-refractivity contribution in [1.82, 2.24) is 0 Å². The van der Waals surface area contributed by atoms with Crippen LogP contribution in [0, 0.1) is 6.92 Å². The van der Waals surface area contributed by atoms with E-state index in [-0.39, 0.29) is 17.9 Å².